The number of aromatic nitrogens is 2. The Labute approximate surface area is 152 Å². The maximum atomic E-state index is 13.7. The Morgan fingerprint density at radius 3 is 2.65 bits per heavy atom. The topological polar surface area (TPSA) is 59.0 Å². The van der Waals surface area contributed by atoms with Gasteiger partial charge in [-0.1, -0.05) is 0 Å². The van der Waals surface area contributed by atoms with Crippen molar-refractivity contribution in [3.8, 4) is 11.4 Å². The monoisotopic (exact) mass is 354 g/mol. The Bertz CT molecular complexity index is 962. The largest absolute Gasteiger partial charge is 0.325 e. The van der Waals surface area contributed by atoms with Crippen LogP contribution in [-0.2, 0) is 4.79 Å². The lowest BCUT2D eigenvalue weighted by molar-refractivity contribution is -0.115. The molecule has 0 radical (unpaired) electrons. The summed E-state index contributed by atoms with van der Waals surface area (Å²) in [6.07, 6.45) is 0. The van der Waals surface area contributed by atoms with E-state index < -0.39 is 0 Å². The number of nitrogens with one attached hydrogen (secondary N) is 2. The number of fused-ring (bicyclic) bond motifs is 1. The maximum absolute atomic E-state index is 13.7. The van der Waals surface area contributed by atoms with Crippen molar-refractivity contribution in [1.29, 1.82) is 0 Å². The van der Waals surface area contributed by atoms with E-state index in [9.17, 15) is 9.18 Å². The van der Waals surface area contributed by atoms with Crippen LogP contribution in [0.3, 0.4) is 0 Å². The average Bonchev–Trinajstić information content (AvgIpc) is 2.95. The number of carbonyl (C=O) groups excluding carboxylic acids is 1. The number of aryl methyl sites for hydroxylation is 1. The molecule has 0 bridgehead atoms. The van der Waals surface area contributed by atoms with Crippen molar-refractivity contribution in [2.24, 2.45) is 0 Å². The smallest absolute Gasteiger partial charge is 0.238 e. The molecule has 0 unspecified atom stereocenters. The second kappa shape index (κ2) is 7.25. The second-order valence-electron chi connectivity index (χ2n) is 6.64. The lowest BCUT2D eigenvalue weighted by atomic mass is 10.1. The summed E-state index contributed by atoms with van der Waals surface area (Å²) in [5, 5.41) is 5.71. The summed E-state index contributed by atoms with van der Waals surface area (Å²) in [6.45, 7) is 6.31. The summed E-state index contributed by atoms with van der Waals surface area (Å²) >= 11 is 0. The van der Waals surface area contributed by atoms with Gasteiger partial charge in [0.05, 0.1) is 17.6 Å². The van der Waals surface area contributed by atoms with Crippen LogP contribution >= 0.6 is 0 Å². The average molecular weight is 354 g/mol. The van der Waals surface area contributed by atoms with Crippen LogP contribution in [0.4, 0.5) is 10.1 Å². The first-order valence-corrected chi connectivity index (χ1v) is 8.63. The highest BCUT2D eigenvalue weighted by Crippen LogP contribution is 2.30. The van der Waals surface area contributed by atoms with E-state index in [2.05, 4.69) is 24.5 Å². The van der Waals surface area contributed by atoms with Crippen LogP contribution in [-0.4, -0.2) is 29.1 Å². The first-order chi connectivity index (χ1) is 12.4. The molecule has 2 aromatic carbocycles. The van der Waals surface area contributed by atoms with Crippen molar-refractivity contribution in [2.45, 2.75) is 26.8 Å². The van der Waals surface area contributed by atoms with Gasteiger partial charge >= 0.3 is 0 Å². The fourth-order valence-electron chi connectivity index (χ4n) is 3.09. The highest BCUT2D eigenvalue weighted by atomic mass is 19.1. The number of hydrogen-bond acceptors (Lipinski definition) is 3. The third-order valence-electron chi connectivity index (χ3n) is 4.26. The number of nitrogens with zero attached hydrogens (tertiary/aromatic N) is 2. The number of anilines is 1. The molecule has 0 aliphatic heterocycles. The van der Waals surface area contributed by atoms with Gasteiger partial charge in [0.2, 0.25) is 5.91 Å². The minimum absolute atomic E-state index is 0.0896. The quantitative estimate of drug-likeness (QED) is 0.731. The van der Waals surface area contributed by atoms with Gasteiger partial charge in [0.25, 0.3) is 0 Å². The third-order valence-corrected chi connectivity index (χ3v) is 4.26. The molecule has 1 aromatic heterocycles. The van der Waals surface area contributed by atoms with E-state index in [1.807, 2.05) is 29.7 Å². The lowest BCUT2D eigenvalue weighted by Gasteiger charge is -2.15. The van der Waals surface area contributed by atoms with E-state index in [1.165, 1.54) is 12.1 Å². The molecule has 3 rings (SSSR count). The normalized spacial score (nSPS) is 11.3. The van der Waals surface area contributed by atoms with Crippen LogP contribution in [0.1, 0.15) is 25.5 Å². The zero-order valence-electron chi connectivity index (χ0n) is 15.4. The van der Waals surface area contributed by atoms with Crippen LogP contribution in [0.15, 0.2) is 36.4 Å². The van der Waals surface area contributed by atoms with Crippen molar-refractivity contribution in [2.75, 3.05) is 18.9 Å². The number of hydrogen-bond donors (Lipinski definition) is 2. The Morgan fingerprint density at radius 2 is 2.00 bits per heavy atom. The van der Waals surface area contributed by atoms with E-state index in [0.717, 1.165) is 33.7 Å². The SMILES string of the molecule is CNCC(=O)Nc1ccc(-c2nc3ccc(F)cc3n2C(C)C)cc1C. The van der Waals surface area contributed by atoms with Gasteiger partial charge in [-0.15, -0.1) is 0 Å². The van der Waals surface area contributed by atoms with Gasteiger partial charge in [-0.2, -0.15) is 0 Å². The highest BCUT2D eigenvalue weighted by Gasteiger charge is 2.16. The zero-order valence-corrected chi connectivity index (χ0v) is 15.4. The van der Waals surface area contributed by atoms with Crippen molar-refractivity contribution < 1.29 is 9.18 Å². The molecule has 0 atom stereocenters. The molecule has 26 heavy (non-hydrogen) atoms. The third kappa shape index (κ3) is 3.46. The van der Waals surface area contributed by atoms with Gasteiger partial charge in [-0.25, -0.2) is 9.37 Å². The van der Waals surface area contributed by atoms with Crippen molar-refractivity contribution in [3.63, 3.8) is 0 Å². The summed E-state index contributed by atoms with van der Waals surface area (Å²) in [6, 6.07) is 10.6. The Morgan fingerprint density at radius 1 is 1.23 bits per heavy atom. The Balaban J connectivity index is 2.05. The number of benzene rings is 2. The number of likely N-dealkylation sites (N-methyl/N-ethyl adjacent to an activating group) is 1. The molecule has 0 saturated heterocycles. The summed E-state index contributed by atoms with van der Waals surface area (Å²) in [7, 11) is 1.73. The fraction of sp³-hybridized carbons (Fsp3) is 0.300. The minimum Gasteiger partial charge on any atom is -0.325 e. The van der Waals surface area contributed by atoms with Crippen molar-refractivity contribution >= 4 is 22.6 Å². The lowest BCUT2D eigenvalue weighted by Crippen LogP contribution is -2.25. The van der Waals surface area contributed by atoms with Gasteiger partial charge in [-0.3, -0.25) is 4.79 Å². The molecule has 2 N–H and O–H groups in total. The minimum atomic E-state index is -0.273. The molecular weight excluding hydrogens is 331 g/mol. The van der Waals surface area contributed by atoms with Crippen LogP contribution < -0.4 is 10.6 Å². The first kappa shape index (κ1) is 18.1. The number of carbonyl (C=O) groups is 1. The van der Waals surface area contributed by atoms with Crippen LogP contribution in [0.5, 0.6) is 0 Å². The molecule has 0 fully saturated rings. The van der Waals surface area contributed by atoms with Gasteiger partial charge in [0.1, 0.15) is 11.6 Å². The molecule has 0 aliphatic rings. The van der Waals surface area contributed by atoms with E-state index in [1.54, 1.807) is 13.1 Å². The van der Waals surface area contributed by atoms with Crippen LogP contribution in [0, 0.1) is 12.7 Å². The molecule has 1 amide bonds. The summed E-state index contributed by atoms with van der Waals surface area (Å²) in [4.78, 5) is 16.5. The number of halogens is 1. The Kier molecular flexibility index (Phi) is 5.04. The Hall–Kier alpha value is -2.73. The van der Waals surface area contributed by atoms with E-state index in [0.29, 0.717) is 0 Å². The van der Waals surface area contributed by atoms with Gasteiger partial charge < -0.3 is 15.2 Å². The molecule has 0 saturated carbocycles. The van der Waals surface area contributed by atoms with Crippen LogP contribution in [0.2, 0.25) is 0 Å². The van der Waals surface area contributed by atoms with Gasteiger partial charge in [0, 0.05) is 17.3 Å². The van der Waals surface area contributed by atoms with Crippen molar-refractivity contribution in [3.05, 3.63) is 47.8 Å². The van der Waals surface area contributed by atoms with E-state index >= 15 is 0 Å². The maximum Gasteiger partial charge on any atom is 0.238 e. The molecule has 5 nitrogen and oxygen atoms in total. The second-order valence-corrected chi connectivity index (χ2v) is 6.64. The molecule has 0 spiro atoms. The van der Waals surface area contributed by atoms with Gasteiger partial charge in [0.15, 0.2) is 0 Å². The first-order valence-electron chi connectivity index (χ1n) is 8.63. The van der Waals surface area contributed by atoms with E-state index in [4.69, 9.17) is 4.98 Å². The van der Waals surface area contributed by atoms with Gasteiger partial charge in [-0.05, 0) is 69.8 Å². The molecule has 1 heterocycles. The molecule has 0 aliphatic carbocycles. The predicted molar refractivity (Wildman–Crippen MR) is 103 cm³/mol. The fourth-order valence-corrected chi connectivity index (χ4v) is 3.09. The van der Waals surface area contributed by atoms with Crippen LogP contribution in [0.25, 0.3) is 22.4 Å². The zero-order chi connectivity index (χ0) is 18.8. The van der Waals surface area contributed by atoms with E-state index in [-0.39, 0.29) is 24.3 Å². The number of amides is 1. The number of rotatable bonds is 5. The summed E-state index contributed by atoms with van der Waals surface area (Å²) < 4.78 is 15.7. The molecule has 136 valence electrons. The number of imidazole rings is 1. The summed E-state index contributed by atoms with van der Waals surface area (Å²) in [5.74, 6) is 0.426. The molecular formula is C20H23FN4O. The molecule has 3 aromatic rings. The standard InChI is InChI=1S/C20H23FN4O/c1-12(2)25-18-10-15(21)6-8-17(18)24-20(25)14-5-7-16(13(3)9-14)23-19(26)11-22-4/h5-10,12,22H,11H2,1-4H3,(H,23,26). The molecule has 6 heteroatoms. The summed E-state index contributed by atoms with van der Waals surface area (Å²) in [5.41, 5.74) is 4.19. The highest BCUT2D eigenvalue weighted by molar-refractivity contribution is 5.93. The van der Waals surface area contributed by atoms with Crippen molar-refractivity contribution in [1.82, 2.24) is 14.9 Å². The predicted octanol–water partition coefficient (Wildman–Crippen LogP) is 3.89.